The molecule has 2 aromatic carbocycles. The number of hydrogen-bond donors (Lipinski definition) is 1. The van der Waals surface area contributed by atoms with Gasteiger partial charge in [0.15, 0.2) is 0 Å². The summed E-state index contributed by atoms with van der Waals surface area (Å²) in [6.07, 6.45) is 1.54. The van der Waals surface area contributed by atoms with Gasteiger partial charge in [0.1, 0.15) is 0 Å². The molecule has 0 saturated heterocycles. The maximum absolute atomic E-state index is 11.9. The van der Waals surface area contributed by atoms with Crippen molar-refractivity contribution in [2.24, 2.45) is 0 Å². The molecule has 130 valence electrons. The number of nitrogens with one attached hydrogen (secondary N) is 1. The van der Waals surface area contributed by atoms with E-state index in [9.17, 15) is 8.42 Å². The zero-order valence-corrected chi connectivity index (χ0v) is 14.9. The predicted molar refractivity (Wildman–Crippen MR) is 96.9 cm³/mol. The molecule has 0 fully saturated rings. The minimum Gasteiger partial charge on any atom is -0.372 e. The minimum atomic E-state index is -3.21. The number of ether oxygens (including phenoxy) is 1. The summed E-state index contributed by atoms with van der Waals surface area (Å²) >= 11 is 0. The summed E-state index contributed by atoms with van der Waals surface area (Å²) in [4.78, 5) is 0. The van der Waals surface area contributed by atoms with Crippen LogP contribution in [0.4, 0.5) is 0 Å². The summed E-state index contributed by atoms with van der Waals surface area (Å²) in [5.41, 5.74) is 3.08. The van der Waals surface area contributed by atoms with Crippen molar-refractivity contribution < 1.29 is 13.2 Å². The van der Waals surface area contributed by atoms with Crippen LogP contribution >= 0.6 is 0 Å². The van der Waals surface area contributed by atoms with Gasteiger partial charge >= 0.3 is 0 Å². The van der Waals surface area contributed by atoms with E-state index in [1.165, 1.54) is 0 Å². The molecule has 4 nitrogen and oxygen atoms in total. The Morgan fingerprint density at radius 2 is 1.58 bits per heavy atom. The fourth-order valence-electron chi connectivity index (χ4n) is 2.32. The van der Waals surface area contributed by atoms with Crippen LogP contribution in [-0.2, 0) is 34.5 Å². The Bertz CT molecular complexity index is 714. The van der Waals surface area contributed by atoms with Crippen molar-refractivity contribution in [3.8, 4) is 0 Å². The Balaban J connectivity index is 1.90. The second-order valence-electron chi connectivity index (χ2n) is 5.74. The molecule has 0 aliphatic rings. The zero-order valence-electron chi connectivity index (χ0n) is 14.1. The second-order valence-corrected chi connectivity index (χ2v) is 7.67. The molecule has 0 atom stereocenters. The SMILES string of the molecule is CCCCS(=O)(=O)NCc1ccccc1COCc1ccccc1. The zero-order chi connectivity index (χ0) is 17.3. The monoisotopic (exact) mass is 347 g/mol. The molecule has 24 heavy (non-hydrogen) atoms. The van der Waals surface area contributed by atoms with Crippen molar-refractivity contribution >= 4 is 10.0 Å². The summed E-state index contributed by atoms with van der Waals surface area (Å²) in [5.74, 6) is 0.177. The molecule has 0 spiro atoms. The summed E-state index contributed by atoms with van der Waals surface area (Å²) < 4.78 is 32.3. The van der Waals surface area contributed by atoms with E-state index in [2.05, 4.69) is 4.72 Å². The second kappa shape index (κ2) is 9.57. The number of sulfonamides is 1. The van der Waals surface area contributed by atoms with Crippen molar-refractivity contribution in [3.63, 3.8) is 0 Å². The summed E-state index contributed by atoms with van der Waals surface area (Å²) in [7, 11) is -3.21. The van der Waals surface area contributed by atoms with E-state index < -0.39 is 10.0 Å². The van der Waals surface area contributed by atoms with Crippen molar-refractivity contribution in [1.82, 2.24) is 4.72 Å². The lowest BCUT2D eigenvalue weighted by Gasteiger charge is -2.12. The molecule has 0 heterocycles. The lowest BCUT2D eigenvalue weighted by molar-refractivity contribution is 0.106. The first-order valence-corrected chi connectivity index (χ1v) is 9.92. The van der Waals surface area contributed by atoms with Crippen LogP contribution in [0.1, 0.15) is 36.5 Å². The van der Waals surface area contributed by atoms with Crippen LogP contribution in [0, 0.1) is 0 Å². The van der Waals surface area contributed by atoms with Gasteiger partial charge in [-0.2, -0.15) is 0 Å². The van der Waals surface area contributed by atoms with E-state index in [4.69, 9.17) is 4.74 Å². The van der Waals surface area contributed by atoms with Gasteiger partial charge in [-0.05, 0) is 23.1 Å². The van der Waals surface area contributed by atoms with E-state index >= 15 is 0 Å². The van der Waals surface area contributed by atoms with Gasteiger partial charge in [0.25, 0.3) is 0 Å². The number of unbranched alkanes of at least 4 members (excludes halogenated alkanes) is 1. The van der Waals surface area contributed by atoms with E-state index in [0.717, 1.165) is 23.1 Å². The average Bonchev–Trinajstić information content (AvgIpc) is 2.60. The molecular formula is C19H25NO3S. The van der Waals surface area contributed by atoms with Crippen molar-refractivity contribution in [2.75, 3.05) is 5.75 Å². The Morgan fingerprint density at radius 1 is 0.917 bits per heavy atom. The number of benzene rings is 2. The van der Waals surface area contributed by atoms with Crippen LogP contribution in [-0.4, -0.2) is 14.2 Å². The third kappa shape index (κ3) is 6.43. The van der Waals surface area contributed by atoms with Gasteiger partial charge < -0.3 is 4.74 Å². The Labute approximate surface area is 144 Å². The van der Waals surface area contributed by atoms with Crippen LogP contribution in [0.25, 0.3) is 0 Å². The van der Waals surface area contributed by atoms with Gasteiger partial charge in [-0.3, -0.25) is 0 Å². The highest BCUT2D eigenvalue weighted by molar-refractivity contribution is 7.89. The van der Waals surface area contributed by atoms with Gasteiger partial charge in [-0.1, -0.05) is 67.9 Å². The summed E-state index contributed by atoms with van der Waals surface area (Å²) in [6.45, 7) is 3.28. The molecule has 0 radical (unpaired) electrons. The summed E-state index contributed by atoms with van der Waals surface area (Å²) in [6, 6.07) is 17.7. The standard InChI is InChI=1S/C19H25NO3S/c1-2-3-13-24(21,22)20-14-18-11-7-8-12-19(18)16-23-15-17-9-5-4-6-10-17/h4-12,20H,2-3,13-16H2,1H3. The van der Waals surface area contributed by atoms with Gasteiger partial charge in [-0.25, -0.2) is 13.1 Å². The van der Waals surface area contributed by atoms with Gasteiger partial charge in [-0.15, -0.1) is 0 Å². The molecule has 0 amide bonds. The van der Waals surface area contributed by atoms with Crippen molar-refractivity contribution in [2.45, 2.75) is 39.5 Å². The quantitative estimate of drug-likeness (QED) is 0.714. The first-order chi connectivity index (χ1) is 11.6. The lowest BCUT2D eigenvalue weighted by atomic mass is 10.1. The predicted octanol–water partition coefficient (Wildman–Crippen LogP) is 3.62. The van der Waals surface area contributed by atoms with Crippen LogP contribution in [0.5, 0.6) is 0 Å². The first kappa shape index (κ1) is 18.6. The van der Waals surface area contributed by atoms with Crippen molar-refractivity contribution in [3.05, 3.63) is 71.3 Å². The van der Waals surface area contributed by atoms with E-state index in [0.29, 0.717) is 26.2 Å². The third-order valence-electron chi connectivity index (χ3n) is 3.74. The smallest absolute Gasteiger partial charge is 0.211 e. The normalized spacial score (nSPS) is 11.5. The molecular weight excluding hydrogens is 322 g/mol. The number of rotatable bonds is 10. The van der Waals surface area contributed by atoms with Gasteiger partial charge in [0.2, 0.25) is 10.0 Å². The largest absolute Gasteiger partial charge is 0.372 e. The average molecular weight is 347 g/mol. The van der Waals surface area contributed by atoms with E-state index in [-0.39, 0.29) is 5.75 Å². The maximum Gasteiger partial charge on any atom is 0.211 e. The third-order valence-corrected chi connectivity index (χ3v) is 5.15. The molecule has 0 aliphatic heterocycles. The highest BCUT2D eigenvalue weighted by atomic mass is 32.2. The van der Waals surface area contributed by atoms with Crippen molar-refractivity contribution in [1.29, 1.82) is 0 Å². The van der Waals surface area contributed by atoms with Gasteiger partial charge in [0, 0.05) is 6.54 Å². The Kier molecular flexibility index (Phi) is 7.43. The molecule has 0 bridgehead atoms. The topological polar surface area (TPSA) is 55.4 Å². The lowest BCUT2D eigenvalue weighted by Crippen LogP contribution is -2.26. The molecule has 0 unspecified atom stereocenters. The molecule has 0 aliphatic carbocycles. The first-order valence-electron chi connectivity index (χ1n) is 8.26. The van der Waals surface area contributed by atoms with Gasteiger partial charge in [0.05, 0.1) is 19.0 Å². The minimum absolute atomic E-state index is 0.177. The summed E-state index contributed by atoms with van der Waals surface area (Å²) in [5, 5.41) is 0. The van der Waals surface area contributed by atoms with E-state index in [1.807, 2.05) is 61.5 Å². The fraction of sp³-hybridized carbons (Fsp3) is 0.368. The number of hydrogen-bond acceptors (Lipinski definition) is 3. The Hall–Kier alpha value is -1.69. The van der Waals surface area contributed by atoms with Crippen LogP contribution in [0.2, 0.25) is 0 Å². The fourth-order valence-corrected chi connectivity index (χ4v) is 3.51. The molecule has 2 rings (SSSR count). The molecule has 0 aromatic heterocycles. The maximum atomic E-state index is 11.9. The highest BCUT2D eigenvalue weighted by Crippen LogP contribution is 2.12. The highest BCUT2D eigenvalue weighted by Gasteiger charge is 2.10. The van der Waals surface area contributed by atoms with Crippen LogP contribution in [0.3, 0.4) is 0 Å². The molecule has 0 saturated carbocycles. The van der Waals surface area contributed by atoms with Crippen LogP contribution in [0.15, 0.2) is 54.6 Å². The molecule has 2 aromatic rings. The molecule has 1 N–H and O–H groups in total. The Morgan fingerprint density at radius 3 is 2.29 bits per heavy atom. The van der Waals surface area contributed by atoms with E-state index in [1.54, 1.807) is 0 Å². The van der Waals surface area contributed by atoms with Crippen LogP contribution < -0.4 is 4.72 Å². The molecule has 5 heteroatoms.